The fraction of sp³-hybridized carbons (Fsp3) is 0.294. The third-order valence-corrected chi connectivity index (χ3v) is 5.09. The number of carbonyl (C=O) groups is 2. The van der Waals surface area contributed by atoms with Crippen molar-refractivity contribution < 1.29 is 14.7 Å². The van der Waals surface area contributed by atoms with Gasteiger partial charge < -0.3 is 10.4 Å². The second kappa shape index (κ2) is 8.17. The van der Waals surface area contributed by atoms with Gasteiger partial charge in [0.1, 0.15) is 0 Å². The number of aliphatic carboxylic acids is 1. The lowest BCUT2D eigenvalue weighted by atomic mass is 10.00. The van der Waals surface area contributed by atoms with E-state index in [2.05, 4.69) is 5.32 Å². The van der Waals surface area contributed by atoms with Crippen molar-refractivity contribution >= 4 is 35.0 Å². The van der Waals surface area contributed by atoms with E-state index >= 15 is 0 Å². The molecule has 1 aromatic carbocycles. The molecule has 4 nitrogen and oxygen atoms in total. The Morgan fingerprint density at radius 1 is 1.22 bits per heavy atom. The summed E-state index contributed by atoms with van der Waals surface area (Å²) in [6.07, 6.45) is 1.84. The summed E-state index contributed by atoms with van der Waals surface area (Å²) in [6, 6.07) is 8.99. The van der Waals surface area contributed by atoms with E-state index in [9.17, 15) is 9.59 Å². The first-order valence-corrected chi connectivity index (χ1v) is 9.36. The predicted octanol–water partition coefficient (Wildman–Crippen LogP) is 3.91. The minimum Gasteiger partial charge on any atom is -0.481 e. The third kappa shape index (κ3) is 4.84. The Hall–Kier alpha value is -1.79. The van der Waals surface area contributed by atoms with Crippen molar-refractivity contribution in [2.45, 2.75) is 30.2 Å². The highest BCUT2D eigenvalue weighted by Crippen LogP contribution is 2.24. The van der Waals surface area contributed by atoms with Gasteiger partial charge in [-0.2, -0.15) is 11.3 Å². The highest BCUT2D eigenvalue weighted by atomic mass is 32.2. The van der Waals surface area contributed by atoms with Crippen LogP contribution in [0.5, 0.6) is 0 Å². The lowest BCUT2D eigenvalue weighted by Gasteiger charge is -2.20. The summed E-state index contributed by atoms with van der Waals surface area (Å²) in [4.78, 5) is 24.7. The van der Waals surface area contributed by atoms with Gasteiger partial charge in [-0.1, -0.05) is 12.1 Å². The quantitative estimate of drug-likeness (QED) is 0.744. The zero-order valence-electron chi connectivity index (χ0n) is 13.0. The minimum absolute atomic E-state index is 0.138. The second-order valence-corrected chi connectivity index (χ2v) is 6.87. The number of rotatable bonds is 7. The van der Waals surface area contributed by atoms with E-state index in [1.54, 1.807) is 11.8 Å². The van der Waals surface area contributed by atoms with Crippen molar-refractivity contribution in [1.82, 2.24) is 5.32 Å². The highest BCUT2D eigenvalue weighted by Gasteiger charge is 2.22. The molecular weight excluding hydrogens is 330 g/mol. The first-order valence-electron chi connectivity index (χ1n) is 7.19. The van der Waals surface area contributed by atoms with Gasteiger partial charge in [0.15, 0.2) is 0 Å². The zero-order valence-corrected chi connectivity index (χ0v) is 14.6. The van der Waals surface area contributed by atoms with Crippen molar-refractivity contribution in [2.24, 2.45) is 0 Å². The third-order valence-electron chi connectivity index (χ3n) is 3.65. The standard InChI is InChI=1S/C17H19NO3S2/c1-11(13-7-8-23-10-13)17(21)18-15(9-16(19)20)12-3-5-14(22-2)6-4-12/h3-8,10-11,15H,9H2,1-2H3,(H,18,21)(H,19,20). The normalized spacial score (nSPS) is 13.3. The molecule has 0 spiro atoms. The van der Waals surface area contributed by atoms with Gasteiger partial charge in [0.25, 0.3) is 0 Å². The average Bonchev–Trinajstić information content (AvgIpc) is 3.07. The molecule has 2 rings (SSSR count). The Bertz CT molecular complexity index is 653. The Labute approximate surface area is 143 Å². The molecule has 0 radical (unpaired) electrons. The Morgan fingerprint density at radius 2 is 1.91 bits per heavy atom. The Morgan fingerprint density at radius 3 is 2.43 bits per heavy atom. The van der Waals surface area contributed by atoms with E-state index in [0.717, 1.165) is 16.0 Å². The van der Waals surface area contributed by atoms with Crippen molar-refractivity contribution in [3.05, 3.63) is 52.2 Å². The lowest BCUT2D eigenvalue weighted by Crippen LogP contribution is -2.33. The number of thioether (sulfide) groups is 1. The molecule has 122 valence electrons. The maximum absolute atomic E-state index is 12.4. The summed E-state index contributed by atoms with van der Waals surface area (Å²) in [5.74, 6) is -1.40. The first kappa shape index (κ1) is 17.6. The summed E-state index contributed by atoms with van der Waals surface area (Å²) in [7, 11) is 0. The summed E-state index contributed by atoms with van der Waals surface area (Å²) < 4.78 is 0. The fourth-order valence-electron chi connectivity index (χ4n) is 2.23. The molecule has 0 bridgehead atoms. The molecule has 23 heavy (non-hydrogen) atoms. The van der Waals surface area contributed by atoms with E-state index in [-0.39, 0.29) is 18.2 Å². The number of amides is 1. The van der Waals surface area contributed by atoms with Crippen molar-refractivity contribution in [2.75, 3.05) is 6.26 Å². The number of carbonyl (C=O) groups excluding carboxylic acids is 1. The molecule has 0 fully saturated rings. The molecule has 2 atom stereocenters. The molecule has 1 aromatic heterocycles. The van der Waals surface area contributed by atoms with Crippen LogP contribution in [0.25, 0.3) is 0 Å². The van der Waals surface area contributed by atoms with Crippen LogP contribution >= 0.6 is 23.1 Å². The smallest absolute Gasteiger partial charge is 0.305 e. The van der Waals surface area contributed by atoms with Crippen LogP contribution in [0, 0.1) is 0 Å². The maximum atomic E-state index is 12.4. The van der Waals surface area contributed by atoms with Gasteiger partial charge >= 0.3 is 5.97 Å². The van der Waals surface area contributed by atoms with Crippen LogP contribution in [0.2, 0.25) is 0 Å². The molecule has 0 aliphatic rings. The minimum atomic E-state index is -0.938. The molecule has 2 aromatic rings. The van der Waals surface area contributed by atoms with Gasteiger partial charge in [-0.3, -0.25) is 9.59 Å². The highest BCUT2D eigenvalue weighted by molar-refractivity contribution is 7.98. The van der Waals surface area contributed by atoms with Crippen LogP contribution in [0.4, 0.5) is 0 Å². The van der Waals surface area contributed by atoms with Gasteiger partial charge in [0.2, 0.25) is 5.91 Å². The van der Waals surface area contributed by atoms with E-state index in [1.807, 2.05) is 54.3 Å². The molecule has 0 aliphatic heterocycles. The Balaban J connectivity index is 2.14. The predicted molar refractivity (Wildman–Crippen MR) is 94.1 cm³/mol. The van der Waals surface area contributed by atoms with Crippen LogP contribution in [-0.2, 0) is 9.59 Å². The summed E-state index contributed by atoms with van der Waals surface area (Å²) >= 11 is 3.16. The zero-order chi connectivity index (χ0) is 16.8. The monoisotopic (exact) mass is 349 g/mol. The number of carboxylic acids is 1. The number of hydrogen-bond acceptors (Lipinski definition) is 4. The summed E-state index contributed by atoms with van der Waals surface area (Å²) in [6.45, 7) is 1.83. The summed E-state index contributed by atoms with van der Waals surface area (Å²) in [5.41, 5.74) is 1.75. The largest absolute Gasteiger partial charge is 0.481 e. The molecule has 0 aliphatic carbocycles. The van der Waals surface area contributed by atoms with Crippen LogP contribution < -0.4 is 5.32 Å². The van der Waals surface area contributed by atoms with Gasteiger partial charge in [0.05, 0.1) is 18.4 Å². The molecule has 1 amide bonds. The van der Waals surface area contributed by atoms with Crippen molar-refractivity contribution in [3.63, 3.8) is 0 Å². The number of carboxylic acid groups (broad SMARTS) is 1. The molecule has 0 saturated heterocycles. The van der Waals surface area contributed by atoms with Gasteiger partial charge in [-0.25, -0.2) is 0 Å². The molecule has 2 N–H and O–H groups in total. The molecule has 1 heterocycles. The maximum Gasteiger partial charge on any atom is 0.305 e. The van der Waals surface area contributed by atoms with Crippen LogP contribution in [0.1, 0.15) is 36.4 Å². The number of nitrogens with one attached hydrogen (secondary N) is 1. The SMILES string of the molecule is CSc1ccc(C(CC(=O)O)NC(=O)C(C)c2ccsc2)cc1. The molecule has 0 saturated carbocycles. The van der Waals surface area contributed by atoms with E-state index in [0.29, 0.717) is 0 Å². The van der Waals surface area contributed by atoms with Crippen LogP contribution in [0.3, 0.4) is 0 Å². The van der Waals surface area contributed by atoms with Crippen molar-refractivity contribution in [1.29, 1.82) is 0 Å². The first-order chi connectivity index (χ1) is 11.0. The number of thiophene rings is 1. The number of hydrogen-bond donors (Lipinski definition) is 2. The Kier molecular flexibility index (Phi) is 6.24. The number of benzene rings is 1. The molecular formula is C17H19NO3S2. The van der Waals surface area contributed by atoms with E-state index in [1.165, 1.54) is 11.3 Å². The average molecular weight is 349 g/mol. The van der Waals surface area contributed by atoms with E-state index < -0.39 is 12.0 Å². The van der Waals surface area contributed by atoms with E-state index in [4.69, 9.17) is 5.11 Å². The molecule has 2 unspecified atom stereocenters. The van der Waals surface area contributed by atoms with Gasteiger partial charge in [0, 0.05) is 4.90 Å². The molecule has 6 heteroatoms. The van der Waals surface area contributed by atoms with Gasteiger partial charge in [-0.05, 0) is 53.3 Å². The second-order valence-electron chi connectivity index (χ2n) is 5.21. The van der Waals surface area contributed by atoms with Crippen LogP contribution in [0.15, 0.2) is 46.0 Å². The van der Waals surface area contributed by atoms with Crippen LogP contribution in [-0.4, -0.2) is 23.2 Å². The van der Waals surface area contributed by atoms with Gasteiger partial charge in [-0.15, -0.1) is 11.8 Å². The lowest BCUT2D eigenvalue weighted by molar-refractivity contribution is -0.137. The summed E-state index contributed by atoms with van der Waals surface area (Å²) in [5, 5.41) is 15.9. The van der Waals surface area contributed by atoms with Crippen molar-refractivity contribution in [3.8, 4) is 0 Å². The topological polar surface area (TPSA) is 66.4 Å². The fourth-order valence-corrected chi connectivity index (χ4v) is 3.39.